The van der Waals surface area contributed by atoms with Crippen LogP contribution >= 0.6 is 7.82 Å². The number of nitrogens with one attached hydrogen (secondary N) is 1. The van der Waals surface area contributed by atoms with Crippen molar-refractivity contribution in [2.24, 2.45) is 0 Å². The molecule has 3 atom stereocenters. The Kier molecular flexibility index (Phi) is 53.2. The van der Waals surface area contributed by atoms with E-state index in [4.69, 9.17) is 9.05 Å². The number of rotatable bonds is 56. The van der Waals surface area contributed by atoms with Crippen LogP contribution in [0.25, 0.3) is 0 Å². The van der Waals surface area contributed by atoms with Gasteiger partial charge in [-0.15, -0.1) is 0 Å². The van der Waals surface area contributed by atoms with Crippen LogP contribution in [0, 0.1) is 0 Å². The van der Waals surface area contributed by atoms with Crippen molar-refractivity contribution in [1.29, 1.82) is 0 Å². The van der Waals surface area contributed by atoms with Crippen molar-refractivity contribution < 1.29 is 32.9 Å². The molecule has 0 fully saturated rings. The van der Waals surface area contributed by atoms with E-state index in [1.54, 1.807) is 6.08 Å². The molecule has 0 bridgehead atoms. The number of aliphatic hydroxyl groups excluding tert-OH is 1. The average molecular weight is 1040 g/mol. The van der Waals surface area contributed by atoms with E-state index in [9.17, 15) is 19.4 Å². The van der Waals surface area contributed by atoms with Gasteiger partial charge < -0.3 is 19.8 Å². The van der Waals surface area contributed by atoms with Crippen molar-refractivity contribution in [3.63, 3.8) is 0 Å². The summed E-state index contributed by atoms with van der Waals surface area (Å²) in [5, 5.41) is 13.8. The topological polar surface area (TPSA) is 105 Å². The summed E-state index contributed by atoms with van der Waals surface area (Å²) in [6.07, 6.45) is 76.2. The standard InChI is InChI=1S/C64H119N2O6P/c1-6-8-10-12-14-16-18-19-20-21-22-23-24-25-26-27-28-29-30-31-32-33-34-35-36-37-38-39-40-41-42-43-44-45-46-47-48-50-52-54-56-58-64(68)65-62(61-72-73(69,70)71-60-59-66(3,4)5)63(67)57-55-53-51-49-17-15-13-11-9-7-2/h8,10,14,16,19-20,22-23,25-26,55,57,62-63,67H,6-7,9,11-13,15,17-18,21,24,27-54,56,58-61H2,1-5H3,(H-,65,68,69,70)/p+1/b10-8-,16-14-,20-19-,23-22-,26-25-,57-55+. The Balaban J connectivity index is 3.81. The molecular formula is C64H120N2O6P+. The highest BCUT2D eigenvalue weighted by atomic mass is 31.2. The monoisotopic (exact) mass is 1040 g/mol. The highest BCUT2D eigenvalue weighted by Crippen LogP contribution is 2.43. The maximum absolute atomic E-state index is 12.9. The minimum Gasteiger partial charge on any atom is -0.387 e. The van der Waals surface area contributed by atoms with Crippen LogP contribution in [0.5, 0.6) is 0 Å². The first-order valence-corrected chi connectivity index (χ1v) is 32.3. The first-order valence-electron chi connectivity index (χ1n) is 30.8. The average Bonchev–Trinajstić information content (AvgIpc) is 3.35. The number of carbonyl (C=O) groups excluding carboxylic acids is 1. The van der Waals surface area contributed by atoms with Gasteiger partial charge in [-0.25, -0.2) is 4.57 Å². The third kappa shape index (κ3) is 57.5. The highest BCUT2D eigenvalue weighted by molar-refractivity contribution is 7.47. The van der Waals surface area contributed by atoms with E-state index in [0.29, 0.717) is 17.4 Å². The maximum atomic E-state index is 12.9. The molecule has 0 spiro atoms. The first kappa shape index (κ1) is 70.9. The molecule has 8 nitrogen and oxygen atoms in total. The van der Waals surface area contributed by atoms with Crippen molar-refractivity contribution in [1.82, 2.24) is 5.32 Å². The van der Waals surface area contributed by atoms with Crippen LogP contribution in [-0.4, -0.2) is 73.4 Å². The molecule has 0 saturated heterocycles. The molecule has 0 rings (SSSR count). The zero-order valence-electron chi connectivity index (χ0n) is 48.6. The van der Waals surface area contributed by atoms with Crippen molar-refractivity contribution in [2.75, 3.05) is 40.9 Å². The molecular weight excluding hydrogens is 924 g/mol. The molecule has 3 unspecified atom stereocenters. The maximum Gasteiger partial charge on any atom is 0.472 e. The van der Waals surface area contributed by atoms with Gasteiger partial charge in [-0.05, 0) is 64.2 Å². The van der Waals surface area contributed by atoms with Crippen molar-refractivity contribution in [3.8, 4) is 0 Å². The fourth-order valence-corrected chi connectivity index (χ4v) is 9.63. The number of likely N-dealkylation sites (N-methyl/N-ethyl adjacent to an activating group) is 1. The predicted molar refractivity (Wildman–Crippen MR) is 318 cm³/mol. The largest absolute Gasteiger partial charge is 0.472 e. The Hall–Kier alpha value is -2.06. The summed E-state index contributed by atoms with van der Waals surface area (Å²) < 4.78 is 23.6. The Bertz CT molecular complexity index is 1420. The van der Waals surface area contributed by atoms with Crippen LogP contribution in [0.4, 0.5) is 0 Å². The summed E-state index contributed by atoms with van der Waals surface area (Å²) in [4.78, 5) is 23.2. The van der Waals surface area contributed by atoms with Crippen LogP contribution in [0.2, 0.25) is 0 Å². The highest BCUT2D eigenvalue weighted by Gasteiger charge is 2.27. The summed E-state index contributed by atoms with van der Waals surface area (Å²) >= 11 is 0. The van der Waals surface area contributed by atoms with Crippen LogP contribution < -0.4 is 5.32 Å². The van der Waals surface area contributed by atoms with Gasteiger partial charge in [-0.2, -0.15) is 0 Å². The van der Waals surface area contributed by atoms with E-state index in [1.165, 1.54) is 186 Å². The molecule has 0 saturated carbocycles. The lowest BCUT2D eigenvalue weighted by molar-refractivity contribution is -0.870. The molecule has 0 aliphatic rings. The second-order valence-corrected chi connectivity index (χ2v) is 23.5. The number of nitrogens with zero attached hydrogens (tertiary/aromatic N) is 1. The van der Waals surface area contributed by atoms with Crippen molar-refractivity contribution in [3.05, 3.63) is 72.9 Å². The van der Waals surface area contributed by atoms with Gasteiger partial charge in [0.05, 0.1) is 39.9 Å². The van der Waals surface area contributed by atoms with Crippen molar-refractivity contribution in [2.45, 2.75) is 289 Å². The second kappa shape index (κ2) is 54.7. The molecule has 0 radical (unpaired) electrons. The second-order valence-electron chi connectivity index (χ2n) is 22.1. The Labute approximate surface area is 453 Å². The molecule has 0 aromatic heterocycles. The lowest BCUT2D eigenvalue weighted by atomic mass is 10.0. The van der Waals surface area contributed by atoms with Gasteiger partial charge in [0, 0.05) is 6.42 Å². The number of amides is 1. The molecule has 73 heavy (non-hydrogen) atoms. The van der Waals surface area contributed by atoms with Gasteiger partial charge >= 0.3 is 7.82 Å². The van der Waals surface area contributed by atoms with E-state index < -0.39 is 20.0 Å². The lowest BCUT2D eigenvalue weighted by Gasteiger charge is -2.25. The molecule has 0 aliphatic heterocycles. The third-order valence-electron chi connectivity index (χ3n) is 13.7. The quantitative estimate of drug-likeness (QED) is 0.0243. The predicted octanol–water partition coefficient (Wildman–Crippen LogP) is 19.0. The number of aliphatic hydroxyl groups is 1. The fourth-order valence-electron chi connectivity index (χ4n) is 8.89. The van der Waals surface area contributed by atoms with Gasteiger partial charge in [0.25, 0.3) is 0 Å². The van der Waals surface area contributed by atoms with Crippen LogP contribution in [-0.2, 0) is 18.4 Å². The van der Waals surface area contributed by atoms with Gasteiger partial charge in [-0.3, -0.25) is 13.8 Å². The zero-order chi connectivity index (χ0) is 53.5. The Morgan fingerprint density at radius 1 is 0.479 bits per heavy atom. The van der Waals surface area contributed by atoms with Crippen LogP contribution in [0.1, 0.15) is 277 Å². The fraction of sp³-hybridized carbons (Fsp3) is 0.797. The van der Waals surface area contributed by atoms with Gasteiger partial charge in [0.2, 0.25) is 5.91 Å². The van der Waals surface area contributed by atoms with Gasteiger partial charge in [0.15, 0.2) is 0 Å². The summed E-state index contributed by atoms with van der Waals surface area (Å²) in [6, 6.07) is -0.844. The summed E-state index contributed by atoms with van der Waals surface area (Å²) in [6.45, 7) is 4.69. The van der Waals surface area contributed by atoms with E-state index in [1.807, 2.05) is 27.2 Å². The minimum absolute atomic E-state index is 0.0618. The molecule has 426 valence electrons. The molecule has 9 heteroatoms. The zero-order valence-corrected chi connectivity index (χ0v) is 49.5. The molecule has 0 aliphatic carbocycles. The number of quaternary nitrogens is 1. The summed E-state index contributed by atoms with van der Waals surface area (Å²) in [7, 11) is 1.58. The number of carbonyl (C=O) groups is 1. The SMILES string of the molecule is CC/C=C\C/C=C\C/C=C\C/C=C\C/C=C\CCCCCCCCCCCCCCCCCCCCCCCCCCCC(=O)NC(COP(=O)(O)OCC[N+](C)(C)C)C(O)/C=C/CCCCCCCCCC. The number of unbranched alkanes of at least 4 members (excludes halogenated alkanes) is 33. The van der Waals surface area contributed by atoms with Crippen molar-refractivity contribution >= 4 is 13.7 Å². The Morgan fingerprint density at radius 2 is 0.822 bits per heavy atom. The minimum atomic E-state index is -4.34. The van der Waals surface area contributed by atoms with E-state index in [2.05, 4.69) is 79.9 Å². The molecule has 3 N–H and O–H groups in total. The Morgan fingerprint density at radius 3 is 1.21 bits per heavy atom. The van der Waals surface area contributed by atoms with E-state index in [-0.39, 0.29) is 19.1 Å². The van der Waals surface area contributed by atoms with E-state index in [0.717, 1.165) is 70.6 Å². The third-order valence-corrected chi connectivity index (χ3v) is 14.7. The summed E-state index contributed by atoms with van der Waals surface area (Å²) in [5.74, 6) is -0.176. The molecule has 0 aromatic carbocycles. The summed E-state index contributed by atoms with van der Waals surface area (Å²) in [5.41, 5.74) is 0. The number of phosphoric ester groups is 1. The van der Waals surface area contributed by atoms with Crippen LogP contribution in [0.15, 0.2) is 72.9 Å². The van der Waals surface area contributed by atoms with Gasteiger partial charge in [0.1, 0.15) is 13.2 Å². The van der Waals surface area contributed by atoms with Crippen LogP contribution in [0.3, 0.4) is 0 Å². The molecule has 0 heterocycles. The molecule has 0 aromatic rings. The smallest absolute Gasteiger partial charge is 0.387 e. The number of allylic oxidation sites excluding steroid dienone is 11. The molecule has 1 amide bonds. The number of phosphoric acid groups is 1. The number of hydrogen-bond acceptors (Lipinski definition) is 5. The van der Waals surface area contributed by atoms with Gasteiger partial charge in [-0.1, -0.05) is 279 Å². The lowest BCUT2D eigenvalue weighted by Crippen LogP contribution is -2.45. The van der Waals surface area contributed by atoms with E-state index >= 15 is 0 Å². The first-order chi connectivity index (χ1) is 35.5. The number of hydrogen-bond donors (Lipinski definition) is 3. The normalized spacial score (nSPS) is 14.3.